The summed E-state index contributed by atoms with van der Waals surface area (Å²) in [5.41, 5.74) is -1.69. The molecule has 0 aliphatic heterocycles. The molecule has 40 heavy (non-hydrogen) atoms. The van der Waals surface area contributed by atoms with Crippen LogP contribution in [0.25, 0.3) is 0 Å². The van der Waals surface area contributed by atoms with Crippen LogP contribution in [0.3, 0.4) is 0 Å². The Morgan fingerprint density at radius 2 is 1.45 bits per heavy atom. The molecule has 6 nitrogen and oxygen atoms in total. The predicted molar refractivity (Wildman–Crippen MR) is 151 cm³/mol. The first kappa shape index (κ1) is 30.6. The quantitative estimate of drug-likeness (QED) is 0.181. The van der Waals surface area contributed by atoms with Gasteiger partial charge in [-0.1, -0.05) is 46.4 Å². The number of alkyl halides is 2. The molecule has 3 N–H and O–H groups in total. The second kappa shape index (κ2) is 11.5. The van der Waals surface area contributed by atoms with Gasteiger partial charge in [-0.25, -0.2) is 13.2 Å². The lowest BCUT2D eigenvalue weighted by atomic mass is 10.1. The molecule has 3 aromatic carbocycles. The van der Waals surface area contributed by atoms with Gasteiger partial charge in [-0.3, -0.25) is 14.4 Å². The number of nitrogens with one attached hydrogen (secondary N) is 3. The number of hydrogen-bond acceptors (Lipinski definition) is 3. The highest BCUT2D eigenvalue weighted by atomic mass is 35.5. The number of amides is 3. The number of carbonyl (C=O) groups is 3. The molecule has 0 heterocycles. The third-order valence-electron chi connectivity index (χ3n) is 5.88. The molecule has 0 saturated heterocycles. The molecule has 2 atom stereocenters. The van der Waals surface area contributed by atoms with Crippen LogP contribution >= 0.6 is 69.6 Å². The fourth-order valence-corrected chi connectivity index (χ4v) is 5.64. The Labute approximate surface area is 255 Å². The van der Waals surface area contributed by atoms with Crippen LogP contribution in [0.15, 0.2) is 36.4 Å². The summed E-state index contributed by atoms with van der Waals surface area (Å²) in [5.74, 6) is -7.98. The number of carbonyl (C=O) groups excluding carboxylic acids is 3. The Balaban J connectivity index is 1.58. The first-order chi connectivity index (χ1) is 18.6. The van der Waals surface area contributed by atoms with E-state index in [1.165, 1.54) is 12.1 Å². The summed E-state index contributed by atoms with van der Waals surface area (Å²) in [6.45, 7) is 1.10. The summed E-state index contributed by atoms with van der Waals surface area (Å²) in [5, 5.41) is 6.17. The summed E-state index contributed by atoms with van der Waals surface area (Å²) < 4.78 is 42.1. The van der Waals surface area contributed by atoms with Crippen LogP contribution in [0.5, 0.6) is 0 Å². The summed E-state index contributed by atoms with van der Waals surface area (Å²) >= 11 is 36.7. The van der Waals surface area contributed by atoms with E-state index in [9.17, 15) is 27.6 Å². The van der Waals surface area contributed by atoms with Gasteiger partial charge in [0.25, 0.3) is 5.91 Å². The molecule has 0 radical (unpaired) electrons. The van der Waals surface area contributed by atoms with Crippen LogP contribution in [0.4, 0.5) is 30.2 Å². The Morgan fingerprint density at radius 3 is 2.05 bits per heavy atom. The first-order valence-electron chi connectivity index (χ1n) is 11.0. The minimum absolute atomic E-state index is 0.104. The summed E-state index contributed by atoms with van der Waals surface area (Å²) in [7, 11) is 0. The van der Waals surface area contributed by atoms with E-state index in [-0.39, 0.29) is 20.8 Å². The van der Waals surface area contributed by atoms with E-state index in [0.29, 0.717) is 5.56 Å². The summed E-state index contributed by atoms with van der Waals surface area (Å²) in [4.78, 5) is 37.2. The molecule has 1 aliphatic rings. The standard InChI is InChI=1S/C25H14Cl6F3N3O3/c1-8(38)35-16-3-2-14(32)22(21(16)34)37-23(39)11-6-10(7-15(33)19(11)28)36-24(40)18-17(25(18,30)31)9-4-12(26)20(29)13(27)5-9/h2-7,17-18H,1H3,(H,35,38)(H,36,40)(H,37,39)/t17-,18+/m0/s1. The van der Waals surface area contributed by atoms with Crippen molar-refractivity contribution in [1.82, 2.24) is 0 Å². The number of anilines is 3. The molecule has 15 heteroatoms. The summed E-state index contributed by atoms with van der Waals surface area (Å²) in [6.07, 6.45) is 0. The van der Waals surface area contributed by atoms with E-state index in [1.807, 2.05) is 5.32 Å². The van der Waals surface area contributed by atoms with Gasteiger partial charge in [-0.15, -0.1) is 23.2 Å². The van der Waals surface area contributed by atoms with Crippen LogP contribution in [-0.2, 0) is 9.59 Å². The molecule has 4 rings (SSSR count). The molecular weight excluding hydrogens is 660 g/mol. The van der Waals surface area contributed by atoms with Crippen molar-refractivity contribution in [2.24, 2.45) is 5.92 Å². The van der Waals surface area contributed by atoms with Crippen molar-refractivity contribution < 1.29 is 27.6 Å². The van der Waals surface area contributed by atoms with Crippen molar-refractivity contribution >= 4 is 104 Å². The lowest BCUT2D eigenvalue weighted by Crippen LogP contribution is -2.19. The van der Waals surface area contributed by atoms with Crippen molar-refractivity contribution in [2.45, 2.75) is 17.2 Å². The highest BCUT2D eigenvalue weighted by Crippen LogP contribution is 2.65. The highest BCUT2D eigenvalue weighted by molar-refractivity contribution is 6.54. The van der Waals surface area contributed by atoms with Gasteiger partial charge in [0.2, 0.25) is 11.8 Å². The predicted octanol–water partition coefficient (Wildman–Crippen LogP) is 8.45. The van der Waals surface area contributed by atoms with E-state index >= 15 is 0 Å². The van der Waals surface area contributed by atoms with Gasteiger partial charge in [0.05, 0.1) is 37.3 Å². The zero-order valence-corrected chi connectivity index (χ0v) is 24.3. The molecule has 0 aromatic heterocycles. The third-order valence-corrected chi connectivity index (χ3v) is 8.40. The van der Waals surface area contributed by atoms with E-state index in [2.05, 4.69) is 10.6 Å². The normalized spacial score (nSPS) is 17.2. The van der Waals surface area contributed by atoms with E-state index in [0.717, 1.165) is 31.2 Å². The Bertz CT molecular complexity index is 1560. The number of hydrogen-bond donors (Lipinski definition) is 3. The van der Waals surface area contributed by atoms with Gasteiger partial charge in [0, 0.05) is 18.5 Å². The van der Waals surface area contributed by atoms with Gasteiger partial charge >= 0.3 is 0 Å². The minimum atomic E-state index is -1.58. The van der Waals surface area contributed by atoms with Gasteiger partial charge in [-0.05, 0) is 42.0 Å². The average molecular weight is 674 g/mol. The number of benzene rings is 3. The minimum Gasteiger partial charge on any atom is -0.326 e. The Morgan fingerprint density at radius 1 is 0.825 bits per heavy atom. The second-order valence-corrected chi connectivity index (χ2v) is 11.7. The average Bonchev–Trinajstić information content (AvgIpc) is 3.45. The molecule has 1 fully saturated rings. The largest absolute Gasteiger partial charge is 0.326 e. The van der Waals surface area contributed by atoms with Crippen LogP contribution in [0.2, 0.25) is 20.1 Å². The van der Waals surface area contributed by atoms with Crippen molar-refractivity contribution in [1.29, 1.82) is 0 Å². The molecule has 1 aliphatic carbocycles. The van der Waals surface area contributed by atoms with Crippen LogP contribution in [0.1, 0.15) is 28.8 Å². The molecule has 3 amide bonds. The van der Waals surface area contributed by atoms with Crippen molar-refractivity contribution in [3.05, 3.63) is 85.1 Å². The van der Waals surface area contributed by atoms with Crippen molar-refractivity contribution in [3.8, 4) is 0 Å². The van der Waals surface area contributed by atoms with Gasteiger partial charge < -0.3 is 16.0 Å². The van der Waals surface area contributed by atoms with Gasteiger partial charge in [0.15, 0.2) is 5.82 Å². The monoisotopic (exact) mass is 671 g/mol. The molecular formula is C25H14Cl6F3N3O3. The van der Waals surface area contributed by atoms with E-state index < -0.39 is 73.3 Å². The van der Waals surface area contributed by atoms with Crippen LogP contribution in [-0.4, -0.2) is 22.1 Å². The maximum atomic E-state index is 14.7. The van der Waals surface area contributed by atoms with Crippen molar-refractivity contribution in [2.75, 3.05) is 16.0 Å². The van der Waals surface area contributed by atoms with E-state index in [4.69, 9.17) is 69.6 Å². The van der Waals surface area contributed by atoms with Crippen LogP contribution in [0, 0.1) is 23.4 Å². The third kappa shape index (κ3) is 5.95. The zero-order chi connectivity index (χ0) is 29.7. The topological polar surface area (TPSA) is 87.3 Å². The molecule has 0 unspecified atom stereocenters. The zero-order valence-electron chi connectivity index (χ0n) is 19.7. The fraction of sp³-hybridized carbons (Fsp3) is 0.160. The number of halogens is 9. The first-order valence-corrected chi connectivity index (χ1v) is 13.3. The smallest absolute Gasteiger partial charge is 0.257 e. The molecule has 0 spiro atoms. The molecule has 3 aromatic rings. The van der Waals surface area contributed by atoms with Gasteiger partial charge in [-0.2, -0.15) is 0 Å². The Kier molecular flexibility index (Phi) is 8.76. The molecule has 210 valence electrons. The lowest BCUT2D eigenvalue weighted by Gasteiger charge is -2.13. The maximum absolute atomic E-state index is 14.7. The van der Waals surface area contributed by atoms with Crippen molar-refractivity contribution in [3.63, 3.8) is 0 Å². The number of rotatable bonds is 6. The van der Waals surface area contributed by atoms with Crippen LogP contribution < -0.4 is 16.0 Å². The highest BCUT2D eigenvalue weighted by Gasteiger charge is 2.67. The SMILES string of the molecule is CC(=O)Nc1ccc(F)c(NC(=O)c2cc(NC(=O)[C@H]3[C@H](c4cc(Cl)c(Cl)c(Cl)c4)C3(Cl)Cl)cc(F)c2Cl)c1F. The fourth-order valence-electron chi connectivity index (χ4n) is 4.00. The maximum Gasteiger partial charge on any atom is 0.257 e. The summed E-state index contributed by atoms with van der Waals surface area (Å²) in [6, 6.07) is 6.49. The van der Waals surface area contributed by atoms with E-state index in [1.54, 1.807) is 0 Å². The second-order valence-electron chi connectivity index (χ2n) is 8.66. The lowest BCUT2D eigenvalue weighted by molar-refractivity contribution is -0.117. The Hall–Kier alpha value is -2.40. The molecule has 0 bridgehead atoms. The molecule has 1 saturated carbocycles. The van der Waals surface area contributed by atoms with Gasteiger partial charge in [0.1, 0.15) is 21.7 Å².